The first-order valence-corrected chi connectivity index (χ1v) is 7.12. The summed E-state index contributed by atoms with van der Waals surface area (Å²) in [6, 6.07) is 9.28. The number of carboxylic acid groups (broad SMARTS) is 1. The van der Waals surface area contributed by atoms with Crippen molar-refractivity contribution in [1.82, 2.24) is 9.80 Å². The summed E-state index contributed by atoms with van der Waals surface area (Å²) in [4.78, 5) is 37.0. The number of carbonyl (C=O) groups is 3. The largest absolute Gasteiger partial charge is 0.480 e. The number of likely N-dealkylation sites (tertiary alicyclic amines) is 1. The maximum atomic E-state index is 12.0. The fraction of sp³-hybridized carbons (Fsp3) is 0.400. The molecule has 1 spiro atoms. The molecular weight excluding hydrogens is 304 g/mol. The van der Waals surface area contributed by atoms with Crippen molar-refractivity contribution in [3.05, 3.63) is 35.9 Å². The first kappa shape index (κ1) is 15.1. The van der Waals surface area contributed by atoms with E-state index in [1.165, 1.54) is 4.90 Å². The zero-order valence-electron chi connectivity index (χ0n) is 12.3. The first-order valence-electron chi connectivity index (χ1n) is 7.12. The van der Waals surface area contributed by atoms with Crippen LogP contribution in [0.5, 0.6) is 0 Å². The molecule has 3 rings (SSSR count). The minimum atomic E-state index is -1.12. The molecule has 23 heavy (non-hydrogen) atoms. The molecule has 0 bridgehead atoms. The topological polar surface area (TPSA) is 96.4 Å². The SMILES string of the molecule is O=C(O)CN1C(=O)OCC12CN(C(=O)OCc1ccccc1)C2. The van der Waals surface area contributed by atoms with E-state index in [0.29, 0.717) is 0 Å². The van der Waals surface area contributed by atoms with Crippen LogP contribution in [-0.2, 0) is 20.9 Å². The predicted molar refractivity (Wildman–Crippen MR) is 76.6 cm³/mol. The number of carboxylic acids is 1. The van der Waals surface area contributed by atoms with Crippen LogP contribution < -0.4 is 0 Å². The Morgan fingerprint density at radius 3 is 2.61 bits per heavy atom. The van der Waals surface area contributed by atoms with Crippen LogP contribution in [0.2, 0.25) is 0 Å². The molecule has 2 amide bonds. The van der Waals surface area contributed by atoms with Crippen LogP contribution in [0.25, 0.3) is 0 Å². The first-order chi connectivity index (χ1) is 11.0. The Bertz CT molecular complexity index is 626. The maximum absolute atomic E-state index is 12.0. The molecule has 1 N–H and O–H groups in total. The Morgan fingerprint density at radius 1 is 1.26 bits per heavy atom. The lowest BCUT2D eigenvalue weighted by Crippen LogP contribution is -2.71. The third kappa shape index (κ3) is 2.92. The molecule has 2 fully saturated rings. The van der Waals surface area contributed by atoms with Gasteiger partial charge >= 0.3 is 18.2 Å². The predicted octanol–water partition coefficient (Wildman–Crippen LogP) is 0.914. The van der Waals surface area contributed by atoms with Crippen molar-refractivity contribution in [2.24, 2.45) is 0 Å². The van der Waals surface area contributed by atoms with E-state index in [9.17, 15) is 14.4 Å². The molecule has 122 valence electrons. The standard InChI is InChI=1S/C15H16N2O6/c18-12(19)6-17-14(21)23-10-15(17)8-16(9-15)13(20)22-7-11-4-2-1-3-5-11/h1-5H,6-10H2,(H,18,19). The van der Waals surface area contributed by atoms with Gasteiger partial charge in [-0.15, -0.1) is 0 Å². The minimum Gasteiger partial charge on any atom is -0.480 e. The van der Waals surface area contributed by atoms with Gasteiger partial charge in [-0.05, 0) is 5.56 Å². The van der Waals surface area contributed by atoms with Crippen molar-refractivity contribution in [1.29, 1.82) is 0 Å². The number of cyclic esters (lactones) is 1. The second-order valence-corrected chi connectivity index (χ2v) is 5.66. The van der Waals surface area contributed by atoms with Gasteiger partial charge in [0.15, 0.2) is 0 Å². The molecule has 2 aliphatic rings. The van der Waals surface area contributed by atoms with E-state index < -0.39 is 30.2 Å². The zero-order valence-corrected chi connectivity index (χ0v) is 12.3. The van der Waals surface area contributed by atoms with Crippen LogP contribution in [0.3, 0.4) is 0 Å². The molecule has 2 aliphatic heterocycles. The van der Waals surface area contributed by atoms with Crippen LogP contribution in [0.15, 0.2) is 30.3 Å². The third-order valence-corrected chi connectivity index (χ3v) is 3.98. The van der Waals surface area contributed by atoms with E-state index in [0.717, 1.165) is 10.5 Å². The summed E-state index contributed by atoms with van der Waals surface area (Å²) < 4.78 is 10.1. The highest BCUT2D eigenvalue weighted by Gasteiger charge is 2.57. The lowest BCUT2D eigenvalue weighted by molar-refractivity contribution is -0.139. The number of hydrogen-bond donors (Lipinski definition) is 1. The Morgan fingerprint density at radius 2 is 1.96 bits per heavy atom. The van der Waals surface area contributed by atoms with Crippen LogP contribution in [-0.4, -0.2) is 64.8 Å². The van der Waals surface area contributed by atoms with E-state index in [2.05, 4.69) is 0 Å². The molecule has 0 radical (unpaired) electrons. The Labute approximate surface area is 132 Å². The van der Waals surface area contributed by atoms with Crippen molar-refractivity contribution >= 4 is 18.2 Å². The number of nitrogens with zero attached hydrogens (tertiary/aromatic N) is 2. The Hall–Kier alpha value is -2.77. The van der Waals surface area contributed by atoms with Crippen molar-refractivity contribution in [3.63, 3.8) is 0 Å². The second kappa shape index (κ2) is 5.79. The van der Waals surface area contributed by atoms with Gasteiger partial charge in [-0.3, -0.25) is 9.69 Å². The van der Waals surface area contributed by atoms with E-state index >= 15 is 0 Å². The molecule has 2 saturated heterocycles. The fourth-order valence-corrected chi connectivity index (χ4v) is 2.78. The van der Waals surface area contributed by atoms with E-state index in [4.69, 9.17) is 14.6 Å². The van der Waals surface area contributed by atoms with Crippen molar-refractivity contribution in [3.8, 4) is 0 Å². The summed E-state index contributed by atoms with van der Waals surface area (Å²) in [5.41, 5.74) is 0.129. The van der Waals surface area contributed by atoms with Gasteiger partial charge < -0.3 is 19.5 Å². The highest BCUT2D eigenvalue weighted by atomic mass is 16.6. The Balaban J connectivity index is 1.54. The van der Waals surface area contributed by atoms with Gasteiger partial charge in [-0.1, -0.05) is 30.3 Å². The average Bonchev–Trinajstić information content (AvgIpc) is 2.81. The number of carbonyl (C=O) groups excluding carboxylic acids is 2. The summed E-state index contributed by atoms with van der Waals surface area (Å²) in [6.45, 7) is 0.226. The molecule has 1 aromatic rings. The van der Waals surface area contributed by atoms with Gasteiger partial charge in [-0.25, -0.2) is 9.59 Å². The number of aliphatic carboxylic acids is 1. The lowest BCUT2D eigenvalue weighted by atomic mass is 9.90. The second-order valence-electron chi connectivity index (χ2n) is 5.66. The molecular formula is C15H16N2O6. The van der Waals surface area contributed by atoms with Crippen molar-refractivity contribution in [2.45, 2.75) is 12.1 Å². The molecule has 2 heterocycles. The molecule has 0 saturated carbocycles. The summed E-state index contributed by atoms with van der Waals surface area (Å²) in [7, 11) is 0. The maximum Gasteiger partial charge on any atom is 0.411 e. The number of hydrogen-bond acceptors (Lipinski definition) is 5. The van der Waals surface area contributed by atoms with Crippen LogP contribution in [0.4, 0.5) is 9.59 Å². The number of ether oxygens (including phenoxy) is 2. The smallest absolute Gasteiger partial charge is 0.411 e. The fourth-order valence-electron chi connectivity index (χ4n) is 2.78. The molecule has 8 nitrogen and oxygen atoms in total. The molecule has 0 atom stereocenters. The number of rotatable bonds is 4. The van der Waals surface area contributed by atoms with Crippen molar-refractivity contribution in [2.75, 3.05) is 26.2 Å². The Kier molecular flexibility index (Phi) is 3.81. The lowest BCUT2D eigenvalue weighted by Gasteiger charge is -2.49. The van der Waals surface area contributed by atoms with Gasteiger partial charge in [0.2, 0.25) is 0 Å². The van der Waals surface area contributed by atoms with Crippen LogP contribution in [0.1, 0.15) is 5.56 Å². The van der Waals surface area contributed by atoms with Gasteiger partial charge in [0, 0.05) is 0 Å². The monoisotopic (exact) mass is 320 g/mol. The molecule has 0 aliphatic carbocycles. The highest BCUT2D eigenvalue weighted by Crippen LogP contribution is 2.34. The molecule has 0 unspecified atom stereocenters. The van der Waals surface area contributed by atoms with Gasteiger partial charge in [0.05, 0.1) is 13.1 Å². The van der Waals surface area contributed by atoms with Crippen LogP contribution >= 0.6 is 0 Å². The normalized spacial score (nSPS) is 18.5. The number of amides is 2. The zero-order chi connectivity index (χ0) is 16.4. The number of benzene rings is 1. The van der Waals surface area contributed by atoms with Gasteiger partial charge in [0.25, 0.3) is 0 Å². The average molecular weight is 320 g/mol. The third-order valence-electron chi connectivity index (χ3n) is 3.98. The van der Waals surface area contributed by atoms with Gasteiger partial charge in [0.1, 0.15) is 25.3 Å². The highest BCUT2D eigenvalue weighted by molar-refractivity contribution is 5.80. The summed E-state index contributed by atoms with van der Waals surface area (Å²) in [6.07, 6.45) is -1.15. The minimum absolute atomic E-state index is 0.0849. The quantitative estimate of drug-likeness (QED) is 0.886. The summed E-state index contributed by atoms with van der Waals surface area (Å²) in [5, 5.41) is 8.87. The van der Waals surface area contributed by atoms with Crippen LogP contribution in [0, 0.1) is 0 Å². The van der Waals surface area contributed by atoms with E-state index in [1.807, 2.05) is 30.3 Å². The van der Waals surface area contributed by atoms with E-state index in [1.54, 1.807) is 0 Å². The summed E-state index contributed by atoms with van der Waals surface area (Å²) in [5.74, 6) is -1.12. The molecule has 0 aromatic heterocycles. The van der Waals surface area contributed by atoms with E-state index in [-0.39, 0.29) is 26.3 Å². The van der Waals surface area contributed by atoms with Gasteiger partial charge in [-0.2, -0.15) is 0 Å². The molecule has 1 aromatic carbocycles. The summed E-state index contributed by atoms with van der Waals surface area (Å²) >= 11 is 0. The van der Waals surface area contributed by atoms with Crippen molar-refractivity contribution < 1.29 is 29.0 Å². The molecule has 8 heteroatoms.